The molecule has 1 heterocycles. The average molecular weight is 422 g/mol. The fourth-order valence-electron chi connectivity index (χ4n) is 4.08. The molecule has 2 amide bonds. The molecule has 1 saturated heterocycles. The Bertz CT molecular complexity index is 853. The highest BCUT2D eigenvalue weighted by atomic mass is 32.2. The van der Waals surface area contributed by atoms with Crippen LogP contribution < -0.4 is 10.0 Å². The molecule has 2 fully saturated rings. The maximum absolute atomic E-state index is 12.6. The van der Waals surface area contributed by atoms with Crippen LogP contribution in [0.25, 0.3) is 0 Å². The van der Waals surface area contributed by atoms with Crippen LogP contribution in [0.1, 0.15) is 59.3 Å². The zero-order valence-electron chi connectivity index (χ0n) is 17.4. The molecule has 2 N–H and O–H groups in total. The Labute approximate surface area is 173 Å². The summed E-state index contributed by atoms with van der Waals surface area (Å²) in [6.07, 6.45) is 5.80. The lowest BCUT2D eigenvalue weighted by Crippen LogP contribution is -2.40. The molecule has 3 rings (SSSR count). The fraction of sp³-hybridized carbons (Fsp3) is 0.619. The minimum absolute atomic E-state index is 0.0618. The lowest BCUT2D eigenvalue weighted by molar-refractivity contribution is -0.130. The Morgan fingerprint density at radius 2 is 1.69 bits per heavy atom. The number of carbonyl (C=O) groups excluding carboxylic acids is 2. The number of amides is 2. The number of carbonyl (C=O) groups is 2. The van der Waals surface area contributed by atoms with Gasteiger partial charge in [-0.05, 0) is 57.9 Å². The number of hydrogen-bond acceptors (Lipinski definition) is 4. The fourth-order valence-corrected chi connectivity index (χ4v) is 5.50. The maximum atomic E-state index is 12.6. The third-order valence-electron chi connectivity index (χ3n) is 5.42. The zero-order valence-corrected chi connectivity index (χ0v) is 18.2. The lowest BCUT2D eigenvalue weighted by atomic mass is 9.94. The standard InChI is InChI=1S/C21H31N3O4S/c1-21(2,3)23-29(27,28)18-11-9-16(10-12-18)22-20(26)15-13-19(25)24(14-15)17-7-5-4-6-8-17/h9-12,15,17,23H,4-8,13-14H2,1-3H3,(H,22,26). The van der Waals surface area contributed by atoms with E-state index >= 15 is 0 Å². The molecule has 7 nitrogen and oxygen atoms in total. The molecular weight excluding hydrogens is 390 g/mol. The van der Waals surface area contributed by atoms with Gasteiger partial charge in [-0.25, -0.2) is 13.1 Å². The number of rotatable bonds is 5. The van der Waals surface area contributed by atoms with Gasteiger partial charge in [-0.3, -0.25) is 9.59 Å². The molecule has 1 unspecified atom stereocenters. The van der Waals surface area contributed by atoms with Crippen molar-refractivity contribution >= 4 is 27.5 Å². The molecule has 160 valence electrons. The van der Waals surface area contributed by atoms with E-state index < -0.39 is 15.6 Å². The van der Waals surface area contributed by atoms with Gasteiger partial charge in [0.1, 0.15) is 0 Å². The normalized spacial score (nSPS) is 21.4. The van der Waals surface area contributed by atoms with Crippen molar-refractivity contribution in [3.8, 4) is 0 Å². The molecular formula is C21H31N3O4S. The molecule has 0 bridgehead atoms. The van der Waals surface area contributed by atoms with Crippen molar-refractivity contribution in [1.82, 2.24) is 9.62 Å². The second-order valence-electron chi connectivity index (χ2n) is 9.11. The summed E-state index contributed by atoms with van der Waals surface area (Å²) in [5.41, 5.74) is -0.0569. The molecule has 1 aliphatic heterocycles. The largest absolute Gasteiger partial charge is 0.339 e. The van der Waals surface area contributed by atoms with Gasteiger partial charge in [0.05, 0.1) is 10.8 Å². The summed E-state index contributed by atoms with van der Waals surface area (Å²) >= 11 is 0. The number of nitrogens with one attached hydrogen (secondary N) is 2. The Kier molecular flexibility index (Phi) is 6.33. The topological polar surface area (TPSA) is 95.6 Å². The van der Waals surface area contributed by atoms with E-state index in [1.807, 2.05) is 4.90 Å². The number of anilines is 1. The van der Waals surface area contributed by atoms with E-state index in [9.17, 15) is 18.0 Å². The second-order valence-corrected chi connectivity index (χ2v) is 10.8. The highest BCUT2D eigenvalue weighted by Crippen LogP contribution is 2.29. The van der Waals surface area contributed by atoms with Crippen molar-refractivity contribution < 1.29 is 18.0 Å². The quantitative estimate of drug-likeness (QED) is 0.764. The maximum Gasteiger partial charge on any atom is 0.241 e. The monoisotopic (exact) mass is 421 g/mol. The van der Waals surface area contributed by atoms with Crippen LogP contribution in [0, 0.1) is 5.92 Å². The van der Waals surface area contributed by atoms with E-state index in [0.717, 1.165) is 25.7 Å². The van der Waals surface area contributed by atoms with Crippen LogP contribution in [-0.2, 0) is 19.6 Å². The van der Waals surface area contributed by atoms with Crippen molar-refractivity contribution in [3.63, 3.8) is 0 Å². The van der Waals surface area contributed by atoms with Crippen LogP contribution in [0.4, 0.5) is 5.69 Å². The Morgan fingerprint density at radius 3 is 2.28 bits per heavy atom. The molecule has 1 aliphatic carbocycles. The summed E-state index contributed by atoms with van der Waals surface area (Å²) < 4.78 is 27.3. The minimum atomic E-state index is -3.62. The third-order valence-corrected chi connectivity index (χ3v) is 7.19. The predicted molar refractivity (Wildman–Crippen MR) is 112 cm³/mol. The third kappa shape index (κ3) is 5.57. The molecule has 29 heavy (non-hydrogen) atoms. The van der Waals surface area contributed by atoms with Gasteiger partial charge in [-0.1, -0.05) is 19.3 Å². The number of sulfonamides is 1. The predicted octanol–water partition coefficient (Wildman–Crippen LogP) is 2.88. The molecule has 1 saturated carbocycles. The van der Waals surface area contributed by atoms with Gasteiger partial charge in [-0.15, -0.1) is 0 Å². The van der Waals surface area contributed by atoms with Crippen molar-refractivity contribution in [1.29, 1.82) is 0 Å². The Hall–Kier alpha value is -1.93. The van der Waals surface area contributed by atoms with E-state index in [0.29, 0.717) is 12.2 Å². The highest BCUT2D eigenvalue weighted by Gasteiger charge is 2.38. The first-order chi connectivity index (χ1) is 13.5. The van der Waals surface area contributed by atoms with Crippen molar-refractivity contribution in [3.05, 3.63) is 24.3 Å². The van der Waals surface area contributed by atoms with E-state index in [1.54, 1.807) is 32.9 Å². The Balaban J connectivity index is 1.60. The van der Waals surface area contributed by atoms with E-state index in [4.69, 9.17) is 0 Å². The summed E-state index contributed by atoms with van der Waals surface area (Å²) in [6, 6.07) is 6.36. The molecule has 1 atom stereocenters. The zero-order chi connectivity index (χ0) is 21.2. The van der Waals surface area contributed by atoms with Gasteiger partial charge >= 0.3 is 0 Å². The average Bonchev–Trinajstić information content (AvgIpc) is 3.03. The first-order valence-corrected chi connectivity index (χ1v) is 11.8. The SMILES string of the molecule is CC(C)(C)NS(=O)(=O)c1ccc(NC(=O)C2CC(=O)N(C3CCCCC3)C2)cc1. The van der Waals surface area contributed by atoms with Crippen LogP contribution in [0.3, 0.4) is 0 Å². The van der Waals surface area contributed by atoms with Gasteiger partial charge in [0.2, 0.25) is 21.8 Å². The van der Waals surface area contributed by atoms with Gasteiger partial charge in [0, 0.05) is 30.2 Å². The highest BCUT2D eigenvalue weighted by molar-refractivity contribution is 7.89. The van der Waals surface area contributed by atoms with Crippen LogP contribution in [-0.4, -0.2) is 43.3 Å². The van der Waals surface area contributed by atoms with E-state index in [1.165, 1.54) is 18.6 Å². The minimum Gasteiger partial charge on any atom is -0.339 e. The van der Waals surface area contributed by atoms with E-state index in [2.05, 4.69) is 10.0 Å². The number of likely N-dealkylation sites (tertiary alicyclic amines) is 1. The summed E-state index contributed by atoms with van der Waals surface area (Å²) in [4.78, 5) is 27.0. The molecule has 8 heteroatoms. The lowest BCUT2D eigenvalue weighted by Gasteiger charge is -2.31. The number of hydrogen-bond donors (Lipinski definition) is 2. The summed E-state index contributed by atoms with van der Waals surface area (Å²) in [5, 5.41) is 2.82. The van der Waals surface area contributed by atoms with Crippen molar-refractivity contribution in [2.75, 3.05) is 11.9 Å². The smallest absolute Gasteiger partial charge is 0.241 e. The first-order valence-electron chi connectivity index (χ1n) is 10.3. The molecule has 0 aromatic heterocycles. The molecule has 1 aromatic carbocycles. The molecule has 0 radical (unpaired) electrons. The number of nitrogens with zero attached hydrogens (tertiary/aromatic N) is 1. The molecule has 1 aromatic rings. The Morgan fingerprint density at radius 1 is 1.07 bits per heavy atom. The summed E-state index contributed by atoms with van der Waals surface area (Å²) in [7, 11) is -3.62. The van der Waals surface area contributed by atoms with Crippen LogP contribution in [0.5, 0.6) is 0 Å². The van der Waals surface area contributed by atoms with Crippen LogP contribution in [0.15, 0.2) is 29.2 Å². The number of benzene rings is 1. The van der Waals surface area contributed by atoms with Crippen molar-refractivity contribution in [2.24, 2.45) is 5.92 Å². The summed E-state index contributed by atoms with van der Waals surface area (Å²) in [5.74, 6) is -0.498. The molecule has 0 spiro atoms. The summed E-state index contributed by atoms with van der Waals surface area (Å²) in [6.45, 7) is 5.80. The van der Waals surface area contributed by atoms with Gasteiger partial charge in [0.15, 0.2) is 0 Å². The first kappa shape index (κ1) is 21.8. The van der Waals surface area contributed by atoms with Crippen LogP contribution >= 0.6 is 0 Å². The second kappa shape index (κ2) is 8.44. The van der Waals surface area contributed by atoms with E-state index in [-0.39, 0.29) is 35.1 Å². The molecule has 2 aliphatic rings. The van der Waals surface area contributed by atoms with Gasteiger partial charge < -0.3 is 10.2 Å². The van der Waals surface area contributed by atoms with Gasteiger partial charge in [-0.2, -0.15) is 0 Å². The van der Waals surface area contributed by atoms with Crippen LogP contribution in [0.2, 0.25) is 0 Å². The van der Waals surface area contributed by atoms with Crippen molar-refractivity contribution in [2.45, 2.75) is 75.8 Å². The van der Waals surface area contributed by atoms with Gasteiger partial charge in [0.25, 0.3) is 0 Å².